The van der Waals surface area contributed by atoms with Crippen molar-refractivity contribution in [3.8, 4) is 11.1 Å². The molecule has 1 aliphatic rings. The van der Waals surface area contributed by atoms with Crippen molar-refractivity contribution in [2.24, 2.45) is 0 Å². The Bertz CT molecular complexity index is 829. The van der Waals surface area contributed by atoms with Crippen LogP contribution < -0.4 is 10.6 Å². The highest BCUT2D eigenvalue weighted by Gasteiger charge is 2.18. The SMILES string of the molecule is Nc1ccc2cc(-c3ccccc3)c(N3CCOCC3)nc2n1. The minimum atomic E-state index is 0.491. The Hall–Kier alpha value is -2.66. The van der Waals surface area contributed by atoms with Crippen molar-refractivity contribution in [2.45, 2.75) is 0 Å². The maximum Gasteiger partial charge on any atom is 0.163 e. The number of hydrogen-bond acceptors (Lipinski definition) is 5. The Morgan fingerprint density at radius 2 is 1.74 bits per heavy atom. The van der Waals surface area contributed by atoms with Gasteiger partial charge in [-0.25, -0.2) is 9.97 Å². The first-order valence-corrected chi connectivity index (χ1v) is 7.77. The highest BCUT2D eigenvalue weighted by atomic mass is 16.5. The first-order chi connectivity index (χ1) is 11.3. The third-order valence-electron chi connectivity index (χ3n) is 4.07. The summed E-state index contributed by atoms with van der Waals surface area (Å²) in [7, 11) is 0. The van der Waals surface area contributed by atoms with Crippen LogP contribution in [0.5, 0.6) is 0 Å². The number of hydrogen-bond donors (Lipinski definition) is 1. The average Bonchev–Trinajstić information content (AvgIpc) is 2.62. The van der Waals surface area contributed by atoms with Crippen LogP contribution in [0, 0.1) is 0 Å². The second kappa shape index (κ2) is 5.85. The molecule has 1 aromatic carbocycles. The molecule has 0 amide bonds. The van der Waals surface area contributed by atoms with Crippen molar-refractivity contribution in [1.29, 1.82) is 0 Å². The van der Waals surface area contributed by atoms with Gasteiger partial charge in [-0.3, -0.25) is 0 Å². The van der Waals surface area contributed by atoms with Gasteiger partial charge in [0, 0.05) is 24.0 Å². The van der Waals surface area contributed by atoms with E-state index in [-0.39, 0.29) is 0 Å². The van der Waals surface area contributed by atoms with Crippen LogP contribution >= 0.6 is 0 Å². The summed E-state index contributed by atoms with van der Waals surface area (Å²) in [6.45, 7) is 3.11. The summed E-state index contributed by atoms with van der Waals surface area (Å²) in [5.74, 6) is 1.44. The number of anilines is 2. The number of nitrogens with two attached hydrogens (primary N) is 1. The minimum Gasteiger partial charge on any atom is -0.384 e. The van der Waals surface area contributed by atoms with Crippen molar-refractivity contribution in [3.63, 3.8) is 0 Å². The summed E-state index contributed by atoms with van der Waals surface area (Å²) < 4.78 is 5.47. The number of nitrogens with zero attached hydrogens (tertiary/aromatic N) is 3. The molecule has 5 nitrogen and oxygen atoms in total. The van der Waals surface area contributed by atoms with E-state index >= 15 is 0 Å². The van der Waals surface area contributed by atoms with E-state index < -0.39 is 0 Å². The lowest BCUT2D eigenvalue weighted by atomic mass is 10.0. The Labute approximate surface area is 134 Å². The van der Waals surface area contributed by atoms with Gasteiger partial charge in [-0.05, 0) is 23.8 Å². The van der Waals surface area contributed by atoms with Crippen LogP contribution in [-0.2, 0) is 4.74 Å². The summed E-state index contributed by atoms with van der Waals surface area (Å²) in [5.41, 5.74) is 8.77. The number of morpholine rings is 1. The first kappa shape index (κ1) is 14.0. The van der Waals surface area contributed by atoms with Crippen LogP contribution in [0.4, 0.5) is 11.6 Å². The molecule has 2 aromatic heterocycles. The van der Waals surface area contributed by atoms with Gasteiger partial charge < -0.3 is 15.4 Å². The minimum absolute atomic E-state index is 0.491. The zero-order chi connectivity index (χ0) is 15.6. The number of nitrogen functional groups attached to an aromatic ring is 1. The maximum absolute atomic E-state index is 5.82. The molecule has 0 aliphatic carbocycles. The Morgan fingerprint density at radius 1 is 0.957 bits per heavy atom. The smallest absolute Gasteiger partial charge is 0.163 e. The van der Waals surface area contributed by atoms with Crippen molar-refractivity contribution in [2.75, 3.05) is 36.9 Å². The van der Waals surface area contributed by atoms with E-state index in [0.29, 0.717) is 11.5 Å². The molecule has 1 aliphatic heterocycles. The highest BCUT2D eigenvalue weighted by Crippen LogP contribution is 2.32. The molecule has 1 fully saturated rings. The topological polar surface area (TPSA) is 64.3 Å². The van der Waals surface area contributed by atoms with Crippen LogP contribution in [0.25, 0.3) is 22.2 Å². The number of rotatable bonds is 2. The van der Waals surface area contributed by atoms with E-state index in [1.165, 1.54) is 0 Å². The zero-order valence-electron chi connectivity index (χ0n) is 12.8. The number of fused-ring (bicyclic) bond motifs is 1. The molecule has 4 rings (SSSR count). The molecular formula is C18H18N4O. The van der Waals surface area contributed by atoms with Crippen molar-refractivity contribution in [1.82, 2.24) is 9.97 Å². The molecule has 5 heteroatoms. The second-order valence-corrected chi connectivity index (χ2v) is 5.61. The zero-order valence-corrected chi connectivity index (χ0v) is 12.8. The van der Waals surface area contributed by atoms with Gasteiger partial charge in [0.15, 0.2) is 5.65 Å². The number of benzene rings is 1. The Morgan fingerprint density at radius 3 is 2.52 bits per heavy atom. The van der Waals surface area contributed by atoms with Crippen molar-refractivity contribution >= 4 is 22.7 Å². The van der Waals surface area contributed by atoms with Gasteiger partial charge in [-0.1, -0.05) is 30.3 Å². The van der Waals surface area contributed by atoms with Crippen molar-refractivity contribution < 1.29 is 4.74 Å². The van der Waals surface area contributed by atoms with Gasteiger partial charge in [0.05, 0.1) is 13.2 Å². The fourth-order valence-corrected chi connectivity index (χ4v) is 2.90. The van der Waals surface area contributed by atoms with Gasteiger partial charge in [-0.2, -0.15) is 0 Å². The lowest BCUT2D eigenvalue weighted by Gasteiger charge is -2.29. The number of pyridine rings is 2. The third kappa shape index (κ3) is 2.71. The molecule has 2 N–H and O–H groups in total. The van der Waals surface area contributed by atoms with E-state index in [0.717, 1.165) is 48.6 Å². The largest absolute Gasteiger partial charge is 0.384 e. The molecule has 0 unspecified atom stereocenters. The van der Waals surface area contributed by atoms with Gasteiger partial charge in [0.25, 0.3) is 0 Å². The van der Waals surface area contributed by atoms with Crippen molar-refractivity contribution in [3.05, 3.63) is 48.5 Å². The van der Waals surface area contributed by atoms with Gasteiger partial charge >= 0.3 is 0 Å². The summed E-state index contributed by atoms with van der Waals surface area (Å²) in [4.78, 5) is 11.5. The van der Waals surface area contributed by atoms with E-state index in [2.05, 4.69) is 28.1 Å². The fourth-order valence-electron chi connectivity index (χ4n) is 2.90. The van der Waals surface area contributed by atoms with Gasteiger partial charge in [0.2, 0.25) is 0 Å². The average molecular weight is 306 g/mol. The lowest BCUT2D eigenvalue weighted by Crippen LogP contribution is -2.37. The number of aromatic nitrogens is 2. The van der Waals surface area contributed by atoms with Crippen LogP contribution in [0.3, 0.4) is 0 Å². The summed E-state index contributed by atoms with van der Waals surface area (Å²) in [5, 5.41) is 0.995. The predicted molar refractivity (Wildman–Crippen MR) is 92.4 cm³/mol. The van der Waals surface area contributed by atoms with Crippen LogP contribution in [0.1, 0.15) is 0 Å². The van der Waals surface area contributed by atoms with E-state index in [1.807, 2.05) is 30.3 Å². The summed E-state index contributed by atoms with van der Waals surface area (Å²) in [6.07, 6.45) is 0. The van der Waals surface area contributed by atoms with Gasteiger partial charge in [0.1, 0.15) is 11.6 Å². The molecular weight excluding hydrogens is 288 g/mol. The quantitative estimate of drug-likeness (QED) is 0.788. The van der Waals surface area contributed by atoms with Crippen LogP contribution in [-0.4, -0.2) is 36.3 Å². The fraction of sp³-hybridized carbons (Fsp3) is 0.222. The first-order valence-electron chi connectivity index (χ1n) is 7.77. The van der Waals surface area contributed by atoms with E-state index in [4.69, 9.17) is 15.5 Å². The maximum atomic E-state index is 5.82. The third-order valence-corrected chi connectivity index (χ3v) is 4.07. The normalized spacial score (nSPS) is 15.0. The van der Waals surface area contributed by atoms with Crippen LogP contribution in [0.2, 0.25) is 0 Å². The molecule has 116 valence electrons. The van der Waals surface area contributed by atoms with E-state index in [1.54, 1.807) is 0 Å². The molecule has 0 radical (unpaired) electrons. The number of ether oxygens (including phenoxy) is 1. The molecule has 0 atom stereocenters. The summed E-state index contributed by atoms with van der Waals surface area (Å²) in [6, 6.07) is 16.3. The lowest BCUT2D eigenvalue weighted by molar-refractivity contribution is 0.122. The molecule has 0 spiro atoms. The van der Waals surface area contributed by atoms with Crippen LogP contribution in [0.15, 0.2) is 48.5 Å². The monoisotopic (exact) mass is 306 g/mol. The molecule has 3 aromatic rings. The molecule has 3 heterocycles. The predicted octanol–water partition coefficient (Wildman–Crippen LogP) is 2.72. The summed E-state index contributed by atoms with van der Waals surface area (Å²) >= 11 is 0. The Balaban J connectivity index is 1.92. The molecule has 0 bridgehead atoms. The van der Waals surface area contributed by atoms with E-state index in [9.17, 15) is 0 Å². The molecule has 1 saturated heterocycles. The molecule has 23 heavy (non-hydrogen) atoms. The Kier molecular flexibility index (Phi) is 3.55. The standard InChI is InChI=1S/C18H18N4O/c19-16-7-6-14-12-15(13-4-2-1-3-5-13)18(21-17(14)20-16)22-8-10-23-11-9-22/h1-7,12H,8-11H2,(H2,19,20,21). The second-order valence-electron chi connectivity index (χ2n) is 5.61. The highest BCUT2D eigenvalue weighted by molar-refractivity contribution is 5.88. The van der Waals surface area contributed by atoms with Gasteiger partial charge in [-0.15, -0.1) is 0 Å². The molecule has 0 saturated carbocycles.